The molecule has 2 amide bonds. The number of benzene rings is 1. The lowest BCUT2D eigenvalue weighted by Gasteiger charge is -2.29. The first-order valence-electron chi connectivity index (χ1n) is 7.23. The van der Waals surface area contributed by atoms with Gasteiger partial charge in [0.2, 0.25) is 11.8 Å². The van der Waals surface area contributed by atoms with Crippen LogP contribution in [0, 0.1) is 18.8 Å². The molecule has 0 radical (unpaired) electrons. The van der Waals surface area contributed by atoms with E-state index in [-0.39, 0.29) is 23.7 Å². The molecular formula is C17H22N2O2. The molecule has 112 valence electrons. The molecule has 0 aliphatic heterocycles. The van der Waals surface area contributed by atoms with Crippen LogP contribution in [-0.4, -0.2) is 30.8 Å². The van der Waals surface area contributed by atoms with E-state index in [2.05, 4.69) is 5.32 Å². The van der Waals surface area contributed by atoms with Gasteiger partial charge in [-0.1, -0.05) is 30.4 Å². The molecule has 21 heavy (non-hydrogen) atoms. The minimum Gasteiger partial charge on any atom is -0.349 e. The van der Waals surface area contributed by atoms with Crippen LogP contribution < -0.4 is 5.32 Å². The highest BCUT2D eigenvalue weighted by atomic mass is 16.2. The number of nitrogens with one attached hydrogen (secondary N) is 1. The van der Waals surface area contributed by atoms with Gasteiger partial charge in [0, 0.05) is 19.8 Å². The zero-order chi connectivity index (χ0) is 15.4. The largest absolute Gasteiger partial charge is 0.349 e. The molecule has 0 aromatic heterocycles. The van der Waals surface area contributed by atoms with Gasteiger partial charge in [-0.2, -0.15) is 0 Å². The zero-order valence-corrected chi connectivity index (χ0v) is 12.8. The number of rotatable bonds is 3. The maximum absolute atomic E-state index is 12.5. The van der Waals surface area contributed by atoms with Gasteiger partial charge in [0.05, 0.1) is 11.8 Å². The number of amides is 2. The van der Waals surface area contributed by atoms with E-state index in [1.165, 1.54) is 0 Å². The van der Waals surface area contributed by atoms with Gasteiger partial charge in [0.1, 0.15) is 0 Å². The lowest BCUT2D eigenvalue weighted by molar-refractivity contribution is -0.138. The number of carbonyl (C=O) groups excluding carboxylic acids is 2. The van der Waals surface area contributed by atoms with Crippen molar-refractivity contribution in [1.29, 1.82) is 0 Å². The Balaban J connectivity index is 2.15. The predicted molar refractivity (Wildman–Crippen MR) is 83.9 cm³/mol. The summed E-state index contributed by atoms with van der Waals surface area (Å²) in [7, 11) is 3.47. The molecule has 0 saturated heterocycles. The van der Waals surface area contributed by atoms with Crippen molar-refractivity contribution in [1.82, 2.24) is 4.90 Å². The zero-order valence-electron chi connectivity index (χ0n) is 12.8. The summed E-state index contributed by atoms with van der Waals surface area (Å²) in [6.45, 7) is 1.96. The van der Waals surface area contributed by atoms with E-state index >= 15 is 0 Å². The summed E-state index contributed by atoms with van der Waals surface area (Å²) in [6.07, 6.45) is 5.22. The van der Waals surface area contributed by atoms with E-state index in [4.69, 9.17) is 0 Å². The van der Waals surface area contributed by atoms with E-state index < -0.39 is 0 Å². The Morgan fingerprint density at radius 1 is 1.10 bits per heavy atom. The maximum atomic E-state index is 12.5. The fourth-order valence-electron chi connectivity index (χ4n) is 2.65. The highest BCUT2D eigenvalue weighted by molar-refractivity contribution is 5.96. The van der Waals surface area contributed by atoms with Crippen molar-refractivity contribution in [3.05, 3.63) is 42.0 Å². The molecule has 1 N–H and O–H groups in total. The highest BCUT2D eigenvalue weighted by Gasteiger charge is 2.34. The molecule has 1 aromatic rings. The molecule has 0 saturated carbocycles. The standard InChI is InChI=1S/C17H22N2O2/c1-12-8-4-7-11-15(12)18-16(20)13-9-5-6-10-14(13)17(21)19(2)3/h4-8,11,13-14H,9-10H2,1-3H3,(H,18,20). The first-order chi connectivity index (χ1) is 10.0. The fraction of sp³-hybridized carbons (Fsp3) is 0.412. The second-order valence-electron chi connectivity index (χ2n) is 5.69. The van der Waals surface area contributed by atoms with E-state index in [9.17, 15) is 9.59 Å². The smallest absolute Gasteiger partial charge is 0.228 e. The second-order valence-corrected chi connectivity index (χ2v) is 5.69. The Morgan fingerprint density at radius 2 is 1.71 bits per heavy atom. The number of para-hydroxylation sites is 1. The summed E-state index contributed by atoms with van der Waals surface area (Å²) in [5, 5.41) is 2.96. The summed E-state index contributed by atoms with van der Waals surface area (Å²) in [6, 6.07) is 7.67. The van der Waals surface area contributed by atoms with Crippen LogP contribution in [-0.2, 0) is 9.59 Å². The van der Waals surface area contributed by atoms with Crippen LogP contribution in [0.2, 0.25) is 0 Å². The third kappa shape index (κ3) is 3.51. The number of hydrogen-bond donors (Lipinski definition) is 1. The normalized spacial score (nSPS) is 20.9. The number of allylic oxidation sites excluding steroid dienone is 2. The Kier molecular flexibility index (Phi) is 4.78. The molecule has 0 spiro atoms. The molecule has 1 aliphatic rings. The summed E-state index contributed by atoms with van der Waals surface area (Å²) in [5.41, 5.74) is 1.83. The van der Waals surface area contributed by atoms with Gasteiger partial charge < -0.3 is 10.2 Å². The van der Waals surface area contributed by atoms with Gasteiger partial charge in [-0.15, -0.1) is 0 Å². The quantitative estimate of drug-likeness (QED) is 0.868. The Labute approximate surface area is 125 Å². The van der Waals surface area contributed by atoms with Gasteiger partial charge in [-0.3, -0.25) is 9.59 Å². The molecule has 4 nitrogen and oxygen atoms in total. The molecule has 0 bridgehead atoms. The van der Waals surface area contributed by atoms with Crippen LogP contribution in [0.15, 0.2) is 36.4 Å². The molecule has 2 atom stereocenters. The average molecular weight is 286 g/mol. The third-order valence-corrected chi connectivity index (χ3v) is 3.93. The van der Waals surface area contributed by atoms with Crippen LogP contribution in [0.3, 0.4) is 0 Å². The minimum atomic E-state index is -0.301. The Morgan fingerprint density at radius 3 is 2.33 bits per heavy atom. The molecule has 1 aliphatic carbocycles. The van der Waals surface area contributed by atoms with Gasteiger partial charge >= 0.3 is 0 Å². The average Bonchev–Trinajstić information content (AvgIpc) is 2.48. The van der Waals surface area contributed by atoms with E-state index in [1.54, 1.807) is 19.0 Å². The summed E-state index contributed by atoms with van der Waals surface area (Å²) >= 11 is 0. The third-order valence-electron chi connectivity index (χ3n) is 3.93. The molecular weight excluding hydrogens is 264 g/mol. The van der Waals surface area contributed by atoms with Crippen molar-refractivity contribution in [2.45, 2.75) is 19.8 Å². The summed E-state index contributed by atoms with van der Waals surface area (Å²) < 4.78 is 0. The molecule has 4 heteroatoms. The summed E-state index contributed by atoms with van der Waals surface area (Å²) in [5.74, 6) is -0.628. The molecule has 0 heterocycles. The first kappa shape index (κ1) is 15.3. The number of carbonyl (C=O) groups is 2. The monoisotopic (exact) mass is 286 g/mol. The molecule has 0 fully saturated rings. The van der Waals surface area contributed by atoms with Crippen LogP contribution >= 0.6 is 0 Å². The van der Waals surface area contributed by atoms with Gasteiger partial charge in [0.25, 0.3) is 0 Å². The Bertz CT molecular complexity index is 564. The van der Waals surface area contributed by atoms with E-state index in [0.29, 0.717) is 12.8 Å². The number of hydrogen-bond acceptors (Lipinski definition) is 2. The number of aryl methyl sites for hydroxylation is 1. The van der Waals surface area contributed by atoms with Gasteiger partial charge in [-0.25, -0.2) is 0 Å². The van der Waals surface area contributed by atoms with Crippen LogP contribution in [0.4, 0.5) is 5.69 Å². The maximum Gasteiger partial charge on any atom is 0.228 e. The van der Waals surface area contributed by atoms with Crippen LogP contribution in [0.25, 0.3) is 0 Å². The SMILES string of the molecule is Cc1ccccc1NC(=O)C1CC=CCC1C(=O)N(C)C. The minimum absolute atomic E-state index is 0.0179. The van der Waals surface area contributed by atoms with Crippen molar-refractivity contribution < 1.29 is 9.59 Å². The highest BCUT2D eigenvalue weighted by Crippen LogP contribution is 2.28. The fourth-order valence-corrected chi connectivity index (χ4v) is 2.65. The van der Waals surface area contributed by atoms with Crippen LogP contribution in [0.5, 0.6) is 0 Å². The lowest BCUT2D eigenvalue weighted by atomic mass is 9.81. The molecule has 2 unspecified atom stereocenters. The van der Waals surface area contributed by atoms with Crippen molar-refractivity contribution in [3.63, 3.8) is 0 Å². The van der Waals surface area contributed by atoms with Gasteiger partial charge in [-0.05, 0) is 31.4 Å². The van der Waals surface area contributed by atoms with Crippen molar-refractivity contribution in [2.24, 2.45) is 11.8 Å². The lowest BCUT2D eigenvalue weighted by Crippen LogP contribution is -2.40. The summed E-state index contributed by atoms with van der Waals surface area (Å²) in [4.78, 5) is 26.4. The Hall–Kier alpha value is -2.10. The van der Waals surface area contributed by atoms with E-state index in [0.717, 1.165) is 11.3 Å². The van der Waals surface area contributed by atoms with E-state index in [1.807, 2.05) is 43.3 Å². The first-order valence-corrected chi connectivity index (χ1v) is 7.23. The predicted octanol–water partition coefficient (Wildman–Crippen LogP) is 2.60. The van der Waals surface area contributed by atoms with Crippen molar-refractivity contribution >= 4 is 17.5 Å². The number of anilines is 1. The molecule has 1 aromatic carbocycles. The topological polar surface area (TPSA) is 49.4 Å². The molecule has 2 rings (SSSR count). The van der Waals surface area contributed by atoms with Crippen molar-refractivity contribution in [2.75, 3.05) is 19.4 Å². The second kappa shape index (κ2) is 6.57. The van der Waals surface area contributed by atoms with Gasteiger partial charge in [0.15, 0.2) is 0 Å². The number of nitrogens with zero attached hydrogens (tertiary/aromatic N) is 1. The van der Waals surface area contributed by atoms with Crippen LogP contribution in [0.1, 0.15) is 18.4 Å². The van der Waals surface area contributed by atoms with Crippen molar-refractivity contribution in [3.8, 4) is 0 Å².